The van der Waals surface area contributed by atoms with Gasteiger partial charge in [0.05, 0.1) is 0 Å². The number of amides is 1. The van der Waals surface area contributed by atoms with E-state index in [4.69, 9.17) is 5.11 Å². The largest absolute Gasteiger partial charge is 0.481 e. The standard InChI is InChI=1S/C9H10BrNO3S/c10-6-3-5-15-8(6)9(14)11-4-1-2-7(12)13/h3,5H,1-2,4H2,(H,11,14)(H,12,13). The second-order valence-electron chi connectivity index (χ2n) is 2.85. The van der Waals surface area contributed by atoms with E-state index in [1.165, 1.54) is 11.3 Å². The fraction of sp³-hybridized carbons (Fsp3) is 0.333. The van der Waals surface area contributed by atoms with Crippen molar-refractivity contribution in [1.82, 2.24) is 5.32 Å². The monoisotopic (exact) mass is 291 g/mol. The van der Waals surface area contributed by atoms with Crippen molar-refractivity contribution in [2.45, 2.75) is 12.8 Å². The first-order valence-electron chi connectivity index (χ1n) is 4.34. The molecular formula is C9H10BrNO3S. The number of carboxylic acids is 1. The molecule has 0 saturated carbocycles. The van der Waals surface area contributed by atoms with Crippen LogP contribution in [0, 0.1) is 0 Å². The van der Waals surface area contributed by atoms with Crippen LogP contribution in [0.25, 0.3) is 0 Å². The van der Waals surface area contributed by atoms with Crippen LogP contribution in [0.15, 0.2) is 15.9 Å². The van der Waals surface area contributed by atoms with Crippen molar-refractivity contribution >= 4 is 39.1 Å². The number of carbonyl (C=O) groups is 2. The Morgan fingerprint density at radius 3 is 2.80 bits per heavy atom. The molecule has 1 rings (SSSR count). The minimum absolute atomic E-state index is 0.0753. The molecule has 1 amide bonds. The van der Waals surface area contributed by atoms with Crippen molar-refractivity contribution in [3.63, 3.8) is 0 Å². The Labute approximate surface area is 99.4 Å². The van der Waals surface area contributed by atoms with E-state index in [1.54, 1.807) is 6.07 Å². The molecule has 1 aromatic rings. The van der Waals surface area contributed by atoms with Crippen LogP contribution < -0.4 is 5.32 Å². The van der Waals surface area contributed by atoms with Gasteiger partial charge in [-0.2, -0.15) is 0 Å². The smallest absolute Gasteiger partial charge is 0.303 e. The predicted molar refractivity (Wildman–Crippen MR) is 61.2 cm³/mol. The average Bonchev–Trinajstić information content (AvgIpc) is 2.58. The minimum atomic E-state index is -0.846. The van der Waals surface area contributed by atoms with Gasteiger partial charge in [-0.3, -0.25) is 9.59 Å². The van der Waals surface area contributed by atoms with Crippen LogP contribution in [-0.4, -0.2) is 23.5 Å². The molecule has 82 valence electrons. The summed E-state index contributed by atoms with van der Waals surface area (Å²) in [5.41, 5.74) is 0. The maximum Gasteiger partial charge on any atom is 0.303 e. The molecule has 0 fully saturated rings. The Morgan fingerprint density at radius 2 is 2.27 bits per heavy atom. The number of nitrogens with one attached hydrogen (secondary N) is 1. The fourth-order valence-corrected chi connectivity index (χ4v) is 2.45. The molecule has 0 aliphatic carbocycles. The van der Waals surface area contributed by atoms with Crippen molar-refractivity contribution in [3.05, 3.63) is 20.8 Å². The van der Waals surface area contributed by atoms with Gasteiger partial charge >= 0.3 is 5.97 Å². The van der Waals surface area contributed by atoms with Gasteiger partial charge < -0.3 is 10.4 Å². The van der Waals surface area contributed by atoms with Crippen molar-refractivity contribution in [2.24, 2.45) is 0 Å². The summed E-state index contributed by atoms with van der Waals surface area (Å²) in [5, 5.41) is 12.9. The van der Waals surface area contributed by atoms with Gasteiger partial charge in [0.15, 0.2) is 0 Å². The quantitative estimate of drug-likeness (QED) is 0.817. The van der Waals surface area contributed by atoms with Gasteiger partial charge in [-0.25, -0.2) is 0 Å². The number of hydrogen-bond acceptors (Lipinski definition) is 3. The number of thiophene rings is 1. The minimum Gasteiger partial charge on any atom is -0.481 e. The Bertz CT molecular complexity index is 364. The lowest BCUT2D eigenvalue weighted by Crippen LogP contribution is -2.24. The van der Waals surface area contributed by atoms with E-state index in [0.717, 1.165) is 4.47 Å². The number of halogens is 1. The zero-order valence-corrected chi connectivity index (χ0v) is 10.2. The first kappa shape index (κ1) is 12.2. The van der Waals surface area contributed by atoms with E-state index < -0.39 is 5.97 Å². The summed E-state index contributed by atoms with van der Waals surface area (Å²) in [5.74, 6) is -1.01. The first-order valence-corrected chi connectivity index (χ1v) is 6.01. The summed E-state index contributed by atoms with van der Waals surface area (Å²) in [4.78, 5) is 22.3. The number of carboxylic acid groups (broad SMARTS) is 1. The molecule has 0 radical (unpaired) electrons. The highest BCUT2D eigenvalue weighted by Crippen LogP contribution is 2.22. The van der Waals surface area contributed by atoms with Gasteiger partial charge in [0, 0.05) is 17.4 Å². The molecule has 0 aromatic carbocycles. The molecule has 1 aromatic heterocycles. The van der Waals surface area contributed by atoms with Crippen LogP contribution in [0.1, 0.15) is 22.5 Å². The van der Waals surface area contributed by atoms with Gasteiger partial charge in [-0.05, 0) is 33.8 Å². The lowest BCUT2D eigenvalue weighted by molar-refractivity contribution is -0.137. The highest BCUT2D eigenvalue weighted by molar-refractivity contribution is 9.10. The van der Waals surface area contributed by atoms with Crippen LogP contribution in [0.5, 0.6) is 0 Å². The zero-order valence-electron chi connectivity index (χ0n) is 7.83. The lowest BCUT2D eigenvalue weighted by Gasteiger charge is -2.02. The second kappa shape index (κ2) is 5.87. The third kappa shape index (κ3) is 4.01. The van der Waals surface area contributed by atoms with Crippen molar-refractivity contribution in [3.8, 4) is 0 Å². The molecule has 2 N–H and O–H groups in total. The molecule has 15 heavy (non-hydrogen) atoms. The topological polar surface area (TPSA) is 66.4 Å². The van der Waals surface area contributed by atoms with E-state index >= 15 is 0 Å². The van der Waals surface area contributed by atoms with Gasteiger partial charge in [0.1, 0.15) is 4.88 Å². The first-order chi connectivity index (χ1) is 7.11. The summed E-state index contributed by atoms with van der Waals surface area (Å²) in [7, 11) is 0. The Hall–Kier alpha value is -0.880. The maximum atomic E-state index is 11.5. The summed E-state index contributed by atoms with van der Waals surface area (Å²) in [6.07, 6.45) is 0.524. The Balaban J connectivity index is 2.31. The van der Waals surface area contributed by atoms with E-state index in [0.29, 0.717) is 17.8 Å². The molecule has 0 unspecified atom stereocenters. The fourth-order valence-electron chi connectivity index (χ4n) is 0.978. The summed E-state index contributed by atoms with van der Waals surface area (Å²) >= 11 is 4.60. The average molecular weight is 292 g/mol. The molecule has 4 nitrogen and oxygen atoms in total. The van der Waals surface area contributed by atoms with Gasteiger partial charge in [0.2, 0.25) is 0 Å². The van der Waals surface area contributed by atoms with Gasteiger partial charge in [0.25, 0.3) is 5.91 Å². The van der Waals surface area contributed by atoms with E-state index in [9.17, 15) is 9.59 Å². The Kier molecular flexibility index (Phi) is 4.77. The summed E-state index contributed by atoms with van der Waals surface area (Å²) in [6, 6.07) is 1.80. The third-order valence-corrected chi connectivity index (χ3v) is 3.51. The van der Waals surface area contributed by atoms with Crippen molar-refractivity contribution in [2.75, 3.05) is 6.54 Å². The Morgan fingerprint density at radius 1 is 1.53 bits per heavy atom. The zero-order chi connectivity index (χ0) is 11.3. The van der Waals surface area contributed by atoms with Crippen molar-refractivity contribution in [1.29, 1.82) is 0 Å². The SMILES string of the molecule is O=C(O)CCCNC(=O)c1sccc1Br. The molecule has 0 saturated heterocycles. The number of aliphatic carboxylic acids is 1. The van der Waals surface area contributed by atoms with Crippen LogP contribution in [-0.2, 0) is 4.79 Å². The molecule has 0 aliphatic heterocycles. The molecule has 0 bridgehead atoms. The molecular weight excluding hydrogens is 282 g/mol. The highest BCUT2D eigenvalue weighted by atomic mass is 79.9. The predicted octanol–water partition coefficient (Wildman–Crippen LogP) is 2.11. The van der Waals surface area contributed by atoms with E-state index in [2.05, 4.69) is 21.2 Å². The molecule has 0 spiro atoms. The van der Waals surface area contributed by atoms with E-state index in [1.807, 2.05) is 5.38 Å². The summed E-state index contributed by atoms with van der Waals surface area (Å²) < 4.78 is 0.767. The lowest BCUT2D eigenvalue weighted by atomic mass is 10.3. The van der Waals surface area contributed by atoms with E-state index in [-0.39, 0.29) is 12.3 Å². The number of hydrogen-bond donors (Lipinski definition) is 2. The normalized spacial score (nSPS) is 9.93. The second-order valence-corrected chi connectivity index (χ2v) is 4.62. The molecule has 1 heterocycles. The molecule has 0 atom stereocenters. The van der Waals surface area contributed by atoms with Crippen molar-refractivity contribution < 1.29 is 14.7 Å². The molecule has 0 aliphatic rings. The van der Waals surface area contributed by atoms with Gasteiger partial charge in [-0.1, -0.05) is 0 Å². The maximum absolute atomic E-state index is 11.5. The summed E-state index contributed by atoms with van der Waals surface area (Å²) in [6.45, 7) is 0.384. The van der Waals surface area contributed by atoms with Gasteiger partial charge in [-0.15, -0.1) is 11.3 Å². The van der Waals surface area contributed by atoms with Crippen LogP contribution >= 0.6 is 27.3 Å². The molecule has 6 heteroatoms. The van der Waals surface area contributed by atoms with Crippen LogP contribution in [0.3, 0.4) is 0 Å². The number of rotatable bonds is 5. The number of carbonyl (C=O) groups excluding carboxylic acids is 1. The van der Waals surface area contributed by atoms with Crippen LogP contribution in [0.4, 0.5) is 0 Å². The van der Waals surface area contributed by atoms with Crippen LogP contribution in [0.2, 0.25) is 0 Å². The highest BCUT2D eigenvalue weighted by Gasteiger charge is 2.10. The third-order valence-electron chi connectivity index (χ3n) is 1.68.